The molecule has 30 heavy (non-hydrogen) atoms. The van der Waals surface area contributed by atoms with Crippen molar-refractivity contribution in [2.24, 2.45) is 16.5 Å². The molecule has 0 aliphatic rings. The maximum Gasteiger partial charge on any atom is 0.296 e. The van der Waals surface area contributed by atoms with Gasteiger partial charge in [-0.05, 0) is 29.6 Å². The predicted molar refractivity (Wildman–Crippen MR) is 119 cm³/mol. The van der Waals surface area contributed by atoms with Crippen LogP contribution >= 0.6 is 9.24 Å². The summed E-state index contributed by atoms with van der Waals surface area (Å²) in [4.78, 5) is 16.5. The minimum absolute atomic E-state index is 0.140. The number of nitrogens with one attached hydrogen (secondary N) is 1. The fraction of sp³-hybridized carbons (Fsp3) is 0. The Morgan fingerprint density at radius 1 is 0.933 bits per heavy atom. The standard InChI is InChI=1S/C22H19F2N4OP/c23-14-10-11-18(30)15(12-14)21(26)28-22(29)19(25)20(13-6-2-1-3-7-13)27-17-9-5-4-8-16(17)24/h1-12,27H,25,30H2,(H2,26,28,29)/b20-19-. The largest absolute Gasteiger partial charge is 0.392 e. The number of hydrogen-bond acceptors (Lipinski definition) is 3. The van der Waals surface area contributed by atoms with E-state index in [9.17, 15) is 13.6 Å². The molecule has 0 bridgehead atoms. The van der Waals surface area contributed by atoms with Crippen molar-refractivity contribution in [3.05, 3.63) is 101 Å². The number of carbonyl (C=O) groups is 1. The van der Waals surface area contributed by atoms with Crippen LogP contribution in [0.2, 0.25) is 0 Å². The Kier molecular flexibility index (Phi) is 6.54. The second kappa shape index (κ2) is 9.29. The van der Waals surface area contributed by atoms with E-state index in [2.05, 4.69) is 19.5 Å². The minimum Gasteiger partial charge on any atom is -0.392 e. The summed E-state index contributed by atoms with van der Waals surface area (Å²) in [5, 5.41) is 3.43. The van der Waals surface area contributed by atoms with Crippen molar-refractivity contribution in [1.29, 1.82) is 0 Å². The number of amidine groups is 1. The first kappa shape index (κ1) is 21.1. The number of nitrogens with two attached hydrogens (primary N) is 2. The Morgan fingerprint density at radius 3 is 2.30 bits per heavy atom. The van der Waals surface area contributed by atoms with Crippen LogP contribution in [-0.4, -0.2) is 11.7 Å². The van der Waals surface area contributed by atoms with Crippen LogP contribution in [0.25, 0.3) is 5.70 Å². The quantitative estimate of drug-likeness (QED) is 0.254. The molecule has 0 aliphatic carbocycles. The lowest BCUT2D eigenvalue weighted by atomic mass is 10.1. The zero-order valence-corrected chi connectivity index (χ0v) is 16.9. The number of benzene rings is 3. The van der Waals surface area contributed by atoms with Gasteiger partial charge in [0.2, 0.25) is 0 Å². The van der Waals surface area contributed by atoms with E-state index in [-0.39, 0.29) is 28.5 Å². The summed E-state index contributed by atoms with van der Waals surface area (Å²) in [7, 11) is 2.39. The lowest BCUT2D eigenvalue weighted by molar-refractivity contribution is -0.114. The van der Waals surface area contributed by atoms with Crippen LogP contribution in [0.4, 0.5) is 14.5 Å². The molecule has 5 N–H and O–H groups in total. The number of aliphatic imine (C=N–C) groups is 1. The van der Waals surface area contributed by atoms with Crippen LogP contribution in [0.3, 0.4) is 0 Å². The van der Waals surface area contributed by atoms with Gasteiger partial charge >= 0.3 is 0 Å². The Balaban J connectivity index is 2.04. The minimum atomic E-state index is -0.844. The molecular weight excluding hydrogens is 405 g/mol. The highest BCUT2D eigenvalue weighted by molar-refractivity contribution is 7.27. The Hall–Kier alpha value is -3.57. The van der Waals surface area contributed by atoms with Crippen molar-refractivity contribution >= 4 is 37.7 Å². The summed E-state index contributed by atoms with van der Waals surface area (Å²) in [5.74, 6) is -2.06. The highest BCUT2D eigenvalue weighted by Crippen LogP contribution is 2.23. The van der Waals surface area contributed by atoms with E-state index in [1.165, 1.54) is 30.3 Å². The average Bonchev–Trinajstić information content (AvgIpc) is 2.75. The molecule has 3 aromatic carbocycles. The van der Waals surface area contributed by atoms with Crippen molar-refractivity contribution in [2.45, 2.75) is 0 Å². The van der Waals surface area contributed by atoms with Gasteiger partial charge in [-0.2, -0.15) is 4.99 Å². The molecule has 0 heterocycles. The molecule has 0 fully saturated rings. The van der Waals surface area contributed by atoms with Gasteiger partial charge in [0.15, 0.2) is 0 Å². The molecule has 0 aliphatic heterocycles. The third kappa shape index (κ3) is 4.88. The highest BCUT2D eigenvalue weighted by Gasteiger charge is 2.16. The van der Waals surface area contributed by atoms with Crippen LogP contribution in [0.1, 0.15) is 11.1 Å². The Bertz CT molecular complexity index is 1150. The molecule has 1 unspecified atom stereocenters. The molecule has 0 aromatic heterocycles. The van der Waals surface area contributed by atoms with Gasteiger partial charge in [-0.15, -0.1) is 9.24 Å². The van der Waals surface area contributed by atoms with Crippen LogP contribution in [0.15, 0.2) is 83.5 Å². The molecule has 8 heteroatoms. The van der Waals surface area contributed by atoms with Crippen LogP contribution < -0.4 is 22.1 Å². The van der Waals surface area contributed by atoms with Gasteiger partial charge in [-0.25, -0.2) is 8.78 Å². The van der Waals surface area contributed by atoms with E-state index >= 15 is 0 Å². The van der Waals surface area contributed by atoms with Gasteiger partial charge in [0, 0.05) is 11.1 Å². The third-order valence-electron chi connectivity index (χ3n) is 4.21. The number of nitrogens with zero attached hydrogens (tertiary/aromatic N) is 1. The summed E-state index contributed by atoms with van der Waals surface area (Å²) >= 11 is 0. The van der Waals surface area contributed by atoms with Gasteiger partial charge in [-0.3, -0.25) is 4.79 Å². The molecule has 3 aromatic rings. The first-order valence-corrected chi connectivity index (χ1v) is 9.45. The maximum absolute atomic E-state index is 14.1. The summed E-state index contributed by atoms with van der Waals surface area (Å²) in [5.41, 5.74) is 12.9. The van der Waals surface area contributed by atoms with E-state index in [1.54, 1.807) is 42.5 Å². The average molecular weight is 424 g/mol. The molecule has 0 radical (unpaired) electrons. The fourth-order valence-corrected chi connectivity index (χ4v) is 3.01. The molecule has 0 saturated carbocycles. The van der Waals surface area contributed by atoms with Crippen LogP contribution in [0.5, 0.6) is 0 Å². The molecule has 0 spiro atoms. The highest BCUT2D eigenvalue weighted by atomic mass is 31.0. The topological polar surface area (TPSA) is 93.5 Å². The molecule has 1 atom stereocenters. The van der Waals surface area contributed by atoms with E-state index in [0.29, 0.717) is 10.9 Å². The smallest absolute Gasteiger partial charge is 0.296 e. The van der Waals surface area contributed by atoms with Crippen molar-refractivity contribution in [3.8, 4) is 0 Å². The van der Waals surface area contributed by atoms with Crippen molar-refractivity contribution in [3.63, 3.8) is 0 Å². The number of rotatable bonds is 5. The predicted octanol–water partition coefficient (Wildman–Crippen LogP) is 3.14. The molecule has 1 amide bonds. The SMILES string of the molecule is NC(=NC(=O)/C(N)=C(/Nc1ccccc1F)c1ccccc1)c1cc(F)ccc1P. The Labute approximate surface area is 174 Å². The number of hydrogen-bond donors (Lipinski definition) is 3. The van der Waals surface area contributed by atoms with Crippen LogP contribution in [-0.2, 0) is 4.79 Å². The van der Waals surface area contributed by atoms with Gasteiger partial charge in [0.1, 0.15) is 23.2 Å². The van der Waals surface area contributed by atoms with Gasteiger partial charge in [-0.1, -0.05) is 48.5 Å². The number of para-hydroxylation sites is 1. The monoisotopic (exact) mass is 424 g/mol. The van der Waals surface area contributed by atoms with Crippen molar-refractivity contribution in [2.75, 3.05) is 5.32 Å². The molecule has 5 nitrogen and oxygen atoms in total. The summed E-state index contributed by atoms with van der Waals surface area (Å²) in [6.07, 6.45) is 0. The van der Waals surface area contributed by atoms with Gasteiger partial charge < -0.3 is 16.8 Å². The fourth-order valence-electron chi connectivity index (χ4n) is 2.68. The molecule has 3 rings (SSSR count). The lowest BCUT2D eigenvalue weighted by Crippen LogP contribution is -2.24. The molecule has 0 saturated heterocycles. The summed E-state index contributed by atoms with van der Waals surface area (Å²) in [6, 6.07) is 18.6. The third-order valence-corrected chi connectivity index (χ3v) is 4.71. The number of anilines is 1. The zero-order valence-electron chi connectivity index (χ0n) is 15.8. The van der Waals surface area contributed by atoms with E-state index < -0.39 is 17.5 Å². The van der Waals surface area contributed by atoms with Gasteiger partial charge in [0.25, 0.3) is 5.91 Å². The summed E-state index contributed by atoms with van der Waals surface area (Å²) < 4.78 is 27.7. The maximum atomic E-state index is 14.1. The normalized spacial score (nSPS) is 12.3. The second-order valence-corrected chi connectivity index (χ2v) is 6.92. The molecular formula is C22H19F2N4OP. The number of halogens is 2. The lowest BCUT2D eigenvalue weighted by Gasteiger charge is -2.14. The first-order chi connectivity index (χ1) is 14.4. The van der Waals surface area contributed by atoms with Crippen LogP contribution in [0, 0.1) is 11.6 Å². The van der Waals surface area contributed by atoms with Crippen molar-refractivity contribution < 1.29 is 13.6 Å². The Morgan fingerprint density at radius 2 is 1.60 bits per heavy atom. The van der Waals surface area contributed by atoms with Crippen molar-refractivity contribution in [1.82, 2.24) is 0 Å². The van der Waals surface area contributed by atoms with E-state index in [1.807, 2.05) is 0 Å². The van der Waals surface area contributed by atoms with Gasteiger partial charge in [0.05, 0.1) is 11.4 Å². The number of amides is 1. The zero-order chi connectivity index (χ0) is 21.7. The molecule has 152 valence electrons. The van der Waals surface area contributed by atoms with E-state index in [4.69, 9.17) is 11.5 Å². The summed E-state index contributed by atoms with van der Waals surface area (Å²) in [6.45, 7) is 0. The first-order valence-electron chi connectivity index (χ1n) is 8.87. The number of carbonyl (C=O) groups excluding carboxylic acids is 1. The second-order valence-electron chi connectivity index (χ2n) is 6.29. The van der Waals surface area contributed by atoms with E-state index in [0.717, 1.165) is 0 Å².